The number of hydrogen-bond acceptors (Lipinski definition) is 7. The second kappa shape index (κ2) is 12.7. The molecule has 0 spiro atoms. The Morgan fingerprint density at radius 3 is 2.03 bits per heavy atom. The first kappa shape index (κ1) is 27.5. The van der Waals surface area contributed by atoms with E-state index >= 15 is 0 Å². The van der Waals surface area contributed by atoms with Crippen molar-refractivity contribution >= 4 is 23.8 Å². The number of ether oxygens (including phenoxy) is 2. The minimum atomic E-state index is -1.74. The molecule has 0 aliphatic heterocycles. The van der Waals surface area contributed by atoms with Crippen LogP contribution in [0.1, 0.15) is 55.6 Å². The first-order chi connectivity index (χ1) is 16.5. The Hall–Kier alpha value is -3.72. The molecule has 2 aromatic carbocycles. The van der Waals surface area contributed by atoms with E-state index in [2.05, 4.69) is 10.6 Å². The molecule has 0 saturated carbocycles. The number of aliphatic hydroxyl groups is 1. The van der Waals surface area contributed by atoms with Gasteiger partial charge in [0.05, 0.1) is 13.2 Å². The highest BCUT2D eigenvalue weighted by Gasteiger charge is 2.33. The van der Waals surface area contributed by atoms with E-state index < -0.39 is 47.5 Å². The molecule has 0 saturated heterocycles. The number of aliphatic hydroxyl groups excluding tert-OH is 1. The van der Waals surface area contributed by atoms with E-state index in [9.17, 15) is 24.3 Å². The van der Waals surface area contributed by atoms with Gasteiger partial charge in [-0.2, -0.15) is 0 Å². The van der Waals surface area contributed by atoms with Crippen LogP contribution < -0.4 is 10.6 Å². The maximum atomic E-state index is 12.9. The van der Waals surface area contributed by atoms with E-state index in [0.29, 0.717) is 11.1 Å². The number of methoxy groups -OCH3 is 1. The van der Waals surface area contributed by atoms with Gasteiger partial charge >= 0.3 is 11.9 Å². The summed E-state index contributed by atoms with van der Waals surface area (Å²) in [6.07, 6.45) is -1.98. The summed E-state index contributed by atoms with van der Waals surface area (Å²) in [7, 11) is 1.15. The molecule has 3 atom stereocenters. The number of esters is 2. The molecule has 9 nitrogen and oxygen atoms in total. The molecule has 0 unspecified atom stereocenters. The monoisotopic (exact) mass is 484 g/mol. The minimum absolute atomic E-state index is 0.0908. The van der Waals surface area contributed by atoms with Crippen molar-refractivity contribution in [3.05, 3.63) is 71.8 Å². The van der Waals surface area contributed by atoms with Crippen LogP contribution in [0, 0.1) is 0 Å². The third-order valence-electron chi connectivity index (χ3n) is 4.92. The second-order valence-corrected chi connectivity index (χ2v) is 8.88. The average Bonchev–Trinajstić information content (AvgIpc) is 2.83. The van der Waals surface area contributed by atoms with Crippen LogP contribution in [0.25, 0.3) is 0 Å². The van der Waals surface area contributed by atoms with Gasteiger partial charge in [0.15, 0.2) is 6.10 Å². The molecular weight excluding hydrogens is 452 g/mol. The summed E-state index contributed by atoms with van der Waals surface area (Å²) >= 11 is 0. The highest BCUT2D eigenvalue weighted by atomic mass is 16.6. The number of hydrogen-bond donors (Lipinski definition) is 3. The van der Waals surface area contributed by atoms with Gasteiger partial charge in [-0.25, -0.2) is 4.79 Å². The highest BCUT2D eigenvalue weighted by Crippen LogP contribution is 2.19. The van der Waals surface area contributed by atoms with Gasteiger partial charge in [0.1, 0.15) is 11.6 Å². The van der Waals surface area contributed by atoms with Crippen molar-refractivity contribution in [2.75, 3.05) is 7.11 Å². The summed E-state index contributed by atoms with van der Waals surface area (Å²) in [5, 5.41) is 16.0. The molecule has 0 fully saturated rings. The lowest BCUT2D eigenvalue weighted by molar-refractivity contribution is -0.155. The fourth-order valence-electron chi connectivity index (χ4n) is 3.27. The fraction of sp³-hybridized carbons (Fsp3) is 0.385. The number of benzene rings is 2. The van der Waals surface area contributed by atoms with Crippen LogP contribution in [-0.2, 0) is 23.9 Å². The summed E-state index contributed by atoms with van der Waals surface area (Å²) in [4.78, 5) is 50.0. The van der Waals surface area contributed by atoms with Gasteiger partial charge in [0, 0.05) is 12.0 Å². The van der Waals surface area contributed by atoms with E-state index in [1.165, 1.54) is 0 Å². The molecule has 2 rings (SSSR count). The fourth-order valence-corrected chi connectivity index (χ4v) is 3.27. The van der Waals surface area contributed by atoms with Crippen LogP contribution in [0.4, 0.5) is 0 Å². The van der Waals surface area contributed by atoms with Gasteiger partial charge < -0.3 is 25.2 Å². The SMILES string of the molecule is COC(=O)[C@H](CCC(=O)OC(C)(C)C)NC(=O)[C@H](O)[C@@H](NC(=O)c1ccccc1)c1ccccc1. The standard InChI is InChI=1S/C26H32N2O7/c1-26(2,3)35-20(29)16-15-19(25(33)34-4)27-24(32)22(30)21(17-11-7-5-8-12-17)28-23(31)18-13-9-6-10-14-18/h5-14,19,21-22,30H,15-16H2,1-4H3,(H,27,32)(H,28,31)/t19-,21-,22+/m0/s1. The van der Waals surface area contributed by atoms with Crippen molar-refractivity contribution < 1.29 is 33.8 Å². The molecule has 0 aliphatic rings. The van der Waals surface area contributed by atoms with Crippen molar-refractivity contribution in [2.45, 2.75) is 57.4 Å². The van der Waals surface area contributed by atoms with Crippen molar-refractivity contribution in [1.29, 1.82) is 0 Å². The zero-order chi connectivity index (χ0) is 26.0. The van der Waals surface area contributed by atoms with Crippen molar-refractivity contribution in [3.63, 3.8) is 0 Å². The van der Waals surface area contributed by atoms with E-state index in [1.54, 1.807) is 81.4 Å². The van der Waals surface area contributed by atoms with Gasteiger partial charge in [-0.1, -0.05) is 48.5 Å². The zero-order valence-corrected chi connectivity index (χ0v) is 20.3. The van der Waals surface area contributed by atoms with Gasteiger partial charge in [0.2, 0.25) is 0 Å². The van der Waals surface area contributed by atoms with Crippen LogP contribution in [0.5, 0.6) is 0 Å². The Labute approximate surface area is 204 Å². The molecule has 9 heteroatoms. The molecule has 188 valence electrons. The summed E-state index contributed by atoms with van der Waals surface area (Å²) in [5.41, 5.74) is 0.144. The number of nitrogens with one attached hydrogen (secondary N) is 2. The lowest BCUT2D eigenvalue weighted by atomic mass is 9.99. The van der Waals surface area contributed by atoms with Crippen LogP contribution in [0.3, 0.4) is 0 Å². The normalized spacial score (nSPS) is 13.6. The molecule has 0 bridgehead atoms. The molecule has 0 heterocycles. The second-order valence-electron chi connectivity index (χ2n) is 8.88. The van der Waals surface area contributed by atoms with Gasteiger partial charge in [-0.15, -0.1) is 0 Å². The highest BCUT2D eigenvalue weighted by molar-refractivity contribution is 5.95. The van der Waals surface area contributed by atoms with E-state index in [-0.39, 0.29) is 12.8 Å². The summed E-state index contributed by atoms with van der Waals surface area (Å²) in [6, 6.07) is 14.6. The maximum absolute atomic E-state index is 12.9. The van der Waals surface area contributed by atoms with Gasteiger partial charge in [-0.05, 0) is 44.9 Å². The van der Waals surface area contributed by atoms with E-state index in [1.807, 2.05) is 0 Å². The number of rotatable bonds is 10. The summed E-state index contributed by atoms with van der Waals surface area (Å²) in [6.45, 7) is 5.15. The smallest absolute Gasteiger partial charge is 0.328 e. The molecule has 2 aromatic rings. The Bertz CT molecular complexity index is 1000. The van der Waals surface area contributed by atoms with Crippen molar-refractivity contribution in [1.82, 2.24) is 10.6 Å². The molecule has 0 radical (unpaired) electrons. The van der Waals surface area contributed by atoms with Crippen LogP contribution in [-0.4, -0.2) is 53.7 Å². The minimum Gasteiger partial charge on any atom is -0.467 e. The predicted molar refractivity (Wildman–Crippen MR) is 128 cm³/mol. The molecule has 35 heavy (non-hydrogen) atoms. The molecule has 0 aromatic heterocycles. The third-order valence-corrected chi connectivity index (χ3v) is 4.92. The first-order valence-electron chi connectivity index (χ1n) is 11.2. The van der Waals surface area contributed by atoms with Crippen molar-refractivity contribution in [2.24, 2.45) is 0 Å². The van der Waals surface area contributed by atoms with Gasteiger partial charge in [-0.3, -0.25) is 14.4 Å². The first-order valence-corrected chi connectivity index (χ1v) is 11.2. The third kappa shape index (κ3) is 8.86. The molecular formula is C26H32N2O7. The van der Waals surface area contributed by atoms with E-state index in [0.717, 1.165) is 7.11 Å². The molecule has 0 aliphatic carbocycles. The van der Waals surface area contributed by atoms with Crippen LogP contribution in [0.15, 0.2) is 60.7 Å². The average molecular weight is 485 g/mol. The zero-order valence-electron chi connectivity index (χ0n) is 20.3. The Morgan fingerprint density at radius 1 is 0.914 bits per heavy atom. The Morgan fingerprint density at radius 2 is 1.49 bits per heavy atom. The summed E-state index contributed by atoms with van der Waals surface area (Å²) in [5.74, 6) is -2.72. The topological polar surface area (TPSA) is 131 Å². The Kier molecular flexibility index (Phi) is 9.96. The lowest BCUT2D eigenvalue weighted by Crippen LogP contribution is -2.50. The molecule has 3 N–H and O–H groups in total. The maximum Gasteiger partial charge on any atom is 0.328 e. The number of carbonyl (C=O) groups is 4. The number of carbonyl (C=O) groups excluding carboxylic acids is 4. The van der Waals surface area contributed by atoms with Crippen LogP contribution >= 0.6 is 0 Å². The quantitative estimate of drug-likeness (QED) is 0.441. The predicted octanol–water partition coefficient (Wildman–Crippen LogP) is 2.30. The Balaban J connectivity index is 2.17. The lowest BCUT2D eigenvalue weighted by Gasteiger charge is -2.26. The van der Waals surface area contributed by atoms with E-state index in [4.69, 9.17) is 9.47 Å². The molecule has 2 amide bonds. The van der Waals surface area contributed by atoms with Crippen LogP contribution in [0.2, 0.25) is 0 Å². The number of amides is 2. The summed E-state index contributed by atoms with van der Waals surface area (Å²) < 4.78 is 9.97. The van der Waals surface area contributed by atoms with Crippen molar-refractivity contribution in [3.8, 4) is 0 Å². The largest absolute Gasteiger partial charge is 0.467 e. The van der Waals surface area contributed by atoms with Gasteiger partial charge in [0.25, 0.3) is 11.8 Å².